The smallest absolute Gasteiger partial charge is 0.241 e. The van der Waals surface area contributed by atoms with Crippen molar-refractivity contribution in [1.82, 2.24) is 0 Å². The van der Waals surface area contributed by atoms with Gasteiger partial charge in [-0.15, -0.1) is 0 Å². The molecule has 1 aromatic rings. The first-order valence-corrected chi connectivity index (χ1v) is 6.33. The summed E-state index contributed by atoms with van der Waals surface area (Å²) in [4.78, 5) is 11.9. The van der Waals surface area contributed by atoms with Crippen molar-refractivity contribution >= 4 is 27.5 Å². The van der Waals surface area contributed by atoms with Crippen molar-refractivity contribution in [2.45, 2.75) is 33.7 Å². The third kappa shape index (κ3) is 4.13. The van der Waals surface area contributed by atoms with Crippen molar-refractivity contribution in [3.8, 4) is 0 Å². The second-order valence-corrected chi connectivity index (χ2v) is 6.27. The number of carbonyl (C=O) groups is 1. The fraction of sp³-hybridized carbons (Fsp3) is 0.462. The van der Waals surface area contributed by atoms with Gasteiger partial charge in [-0.2, -0.15) is 0 Å². The van der Waals surface area contributed by atoms with Gasteiger partial charge in [0.15, 0.2) is 0 Å². The van der Waals surface area contributed by atoms with E-state index >= 15 is 0 Å². The summed E-state index contributed by atoms with van der Waals surface area (Å²) in [7, 11) is 0. The number of nitrogens with one attached hydrogen (secondary N) is 1. The Balaban J connectivity index is 2.81. The minimum absolute atomic E-state index is 0.157. The first kappa shape index (κ1) is 14.2. The molecule has 0 spiro atoms. The maximum Gasteiger partial charge on any atom is 0.241 e. The van der Waals surface area contributed by atoms with E-state index in [-0.39, 0.29) is 11.3 Å². The lowest BCUT2D eigenvalue weighted by molar-refractivity contribution is -0.119. The first-order valence-electron chi connectivity index (χ1n) is 5.54. The van der Waals surface area contributed by atoms with Crippen LogP contribution in [-0.2, 0) is 4.79 Å². The molecule has 1 aromatic carbocycles. The van der Waals surface area contributed by atoms with Gasteiger partial charge in [-0.05, 0) is 36.1 Å². The predicted octanol–water partition coefficient (Wildman–Crippen LogP) is 3.07. The van der Waals surface area contributed by atoms with Crippen LogP contribution >= 0.6 is 15.9 Å². The number of amides is 1. The second kappa shape index (κ2) is 5.19. The molecule has 17 heavy (non-hydrogen) atoms. The van der Waals surface area contributed by atoms with Crippen LogP contribution in [0.3, 0.4) is 0 Å². The minimum atomic E-state index is -0.526. The fourth-order valence-corrected chi connectivity index (χ4v) is 2.03. The van der Waals surface area contributed by atoms with Crippen LogP contribution in [0.5, 0.6) is 0 Å². The summed E-state index contributed by atoms with van der Waals surface area (Å²) in [6.45, 7) is 7.82. The Hall–Kier alpha value is -0.870. The zero-order valence-corrected chi connectivity index (χ0v) is 12.3. The molecule has 1 rings (SSSR count). The molecule has 94 valence electrons. The molecular weight excluding hydrogens is 280 g/mol. The molecule has 0 heterocycles. The van der Waals surface area contributed by atoms with Gasteiger partial charge in [0.25, 0.3) is 0 Å². The standard InChI is InChI=1S/C13H19BrN2O/c1-8-5-9(14)7-10(6-8)16-12(17)11(15)13(2,3)4/h5-7,11H,15H2,1-4H3,(H,16,17)/t11-/m0/s1. The maximum absolute atomic E-state index is 11.9. The SMILES string of the molecule is Cc1cc(Br)cc(NC(=O)[C@H](N)C(C)(C)C)c1. The Morgan fingerprint density at radius 3 is 2.41 bits per heavy atom. The van der Waals surface area contributed by atoms with Crippen LogP contribution in [0.15, 0.2) is 22.7 Å². The van der Waals surface area contributed by atoms with Crippen LogP contribution in [-0.4, -0.2) is 11.9 Å². The lowest BCUT2D eigenvalue weighted by atomic mass is 9.87. The molecule has 3 N–H and O–H groups in total. The third-order valence-electron chi connectivity index (χ3n) is 2.53. The quantitative estimate of drug-likeness (QED) is 0.881. The van der Waals surface area contributed by atoms with Crippen LogP contribution in [0.1, 0.15) is 26.3 Å². The van der Waals surface area contributed by atoms with E-state index in [1.165, 1.54) is 0 Å². The lowest BCUT2D eigenvalue weighted by Gasteiger charge is -2.25. The molecule has 1 amide bonds. The van der Waals surface area contributed by atoms with Crippen molar-refractivity contribution in [3.05, 3.63) is 28.2 Å². The molecule has 0 aromatic heterocycles. The Labute approximate surface area is 111 Å². The molecule has 3 nitrogen and oxygen atoms in total. The number of nitrogens with two attached hydrogens (primary N) is 1. The molecule has 0 aliphatic rings. The lowest BCUT2D eigenvalue weighted by Crippen LogP contribution is -2.45. The van der Waals surface area contributed by atoms with Crippen molar-refractivity contribution in [1.29, 1.82) is 0 Å². The molecule has 0 aliphatic heterocycles. The summed E-state index contributed by atoms with van der Waals surface area (Å²) in [6, 6.07) is 5.24. The first-order chi connectivity index (χ1) is 7.70. The summed E-state index contributed by atoms with van der Waals surface area (Å²) in [5, 5.41) is 2.84. The molecule has 0 fully saturated rings. The summed E-state index contributed by atoms with van der Waals surface area (Å²) < 4.78 is 0.942. The molecule has 0 saturated carbocycles. The number of halogens is 1. The van der Waals surface area contributed by atoms with Gasteiger partial charge in [-0.25, -0.2) is 0 Å². The normalized spacial score (nSPS) is 13.3. The number of rotatable bonds is 2. The molecule has 0 saturated heterocycles. The third-order valence-corrected chi connectivity index (χ3v) is 2.98. The van der Waals surface area contributed by atoms with Gasteiger partial charge in [0.05, 0.1) is 6.04 Å². The molecule has 4 heteroatoms. The van der Waals surface area contributed by atoms with Gasteiger partial charge in [-0.3, -0.25) is 4.79 Å². The van der Waals surface area contributed by atoms with E-state index in [1.54, 1.807) is 0 Å². The van der Waals surface area contributed by atoms with Crippen molar-refractivity contribution in [3.63, 3.8) is 0 Å². The van der Waals surface area contributed by atoms with E-state index in [4.69, 9.17) is 5.73 Å². The highest BCUT2D eigenvalue weighted by Crippen LogP contribution is 2.22. The van der Waals surface area contributed by atoms with Gasteiger partial charge in [0.2, 0.25) is 5.91 Å². The summed E-state index contributed by atoms with van der Waals surface area (Å²) >= 11 is 3.40. The van der Waals surface area contributed by atoms with Gasteiger partial charge >= 0.3 is 0 Å². The average Bonchev–Trinajstić information content (AvgIpc) is 2.13. The molecular formula is C13H19BrN2O. The van der Waals surface area contributed by atoms with E-state index in [0.29, 0.717) is 0 Å². The Morgan fingerprint density at radius 2 is 1.94 bits per heavy atom. The highest BCUT2D eigenvalue weighted by molar-refractivity contribution is 9.10. The molecule has 0 bridgehead atoms. The van der Waals surface area contributed by atoms with Crippen LogP contribution in [0.25, 0.3) is 0 Å². The predicted molar refractivity (Wildman–Crippen MR) is 74.9 cm³/mol. The fourth-order valence-electron chi connectivity index (χ4n) is 1.42. The summed E-state index contributed by atoms with van der Waals surface area (Å²) in [5.74, 6) is -0.157. The molecule has 1 atom stereocenters. The number of anilines is 1. The Kier molecular flexibility index (Phi) is 4.33. The topological polar surface area (TPSA) is 55.1 Å². The van der Waals surface area contributed by atoms with Gasteiger partial charge in [0, 0.05) is 10.2 Å². The van der Waals surface area contributed by atoms with Crippen LogP contribution in [0.2, 0.25) is 0 Å². The van der Waals surface area contributed by atoms with E-state index in [1.807, 2.05) is 45.9 Å². The minimum Gasteiger partial charge on any atom is -0.325 e. The zero-order valence-electron chi connectivity index (χ0n) is 10.7. The highest BCUT2D eigenvalue weighted by Gasteiger charge is 2.27. The molecule has 0 radical (unpaired) electrons. The largest absolute Gasteiger partial charge is 0.325 e. The van der Waals surface area contributed by atoms with Gasteiger partial charge < -0.3 is 11.1 Å². The van der Waals surface area contributed by atoms with Crippen LogP contribution in [0, 0.1) is 12.3 Å². The number of hydrogen-bond acceptors (Lipinski definition) is 2. The zero-order chi connectivity index (χ0) is 13.2. The Morgan fingerprint density at radius 1 is 1.35 bits per heavy atom. The average molecular weight is 299 g/mol. The number of carbonyl (C=O) groups excluding carboxylic acids is 1. The van der Waals surface area contributed by atoms with Gasteiger partial charge in [-0.1, -0.05) is 36.7 Å². The monoisotopic (exact) mass is 298 g/mol. The van der Waals surface area contributed by atoms with Crippen molar-refractivity contribution in [2.24, 2.45) is 11.1 Å². The molecule has 0 aliphatic carbocycles. The van der Waals surface area contributed by atoms with Crippen molar-refractivity contribution in [2.75, 3.05) is 5.32 Å². The number of aryl methyl sites for hydroxylation is 1. The van der Waals surface area contributed by atoms with Gasteiger partial charge in [0.1, 0.15) is 0 Å². The molecule has 0 unspecified atom stereocenters. The van der Waals surface area contributed by atoms with E-state index in [0.717, 1.165) is 15.7 Å². The second-order valence-electron chi connectivity index (χ2n) is 5.35. The van der Waals surface area contributed by atoms with E-state index < -0.39 is 6.04 Å². The van der Waals surface area contributed by atoms with Crippen molar-refractivity contribution < 1.29 is 4.79 Å². The number of benzene rings is 1. The van der Waals surface area contributed by atoms with Crippen LogP contribution in [0.4, 0.5) is 5.69 Å². The highest BCUT2D eigenvalue weighted by atomic mass is 79.9. The van der Waals surface area contributed by atoms with E-state index in [2.05, 4.69) is 21.2 Å². The maximum atomic E-state index is 11.9. The number of hydrogen-bond donors (Lipinski definition) is 2. The summed E-state index contributed by atoms with van der Waals surface area (Å²) in [6.07, 6.45) is 0. The Bertz CT molecular complexity index is 404. The van der Waals surface area contributed by atoms with Crippen LogP contribution < -0.4 is 11.1 Å². The summed E-state index contributed by atoms with van der Waals surface area (Å²) in [5.41, 5.74) is 7.50. The van der Waals surface area contributed by atoms with E-state index in [9.17, 15) is 4.79 Å².